The van der Waals surface area contributed by atoms with E-state index in [4.69, 9.17) is 25.5 Å². The Kier molecular flexibility index (Phi) is 4.53. The number of carbonyl (C=O) groups is 1. The Labute approximate surface area is 142 Å². The molecule has 0 saturated carbocycles. The van der Waals surface area contributed by atoms with Crippen LogP contribution in [0.15, 0.2) is 63.8 Å². The first-order chi connectivity index (χ1) is 11.5. The second-order valence-corrected chi connectivity index (χ2v) is 5.53. The third-order valence-electron chi connectivity index (χ3n) is 3.25. The van der Waals surface area contributed by atoms with Crippen molar-refractivity contribution in [1.82, 2.24) is 0 Å². The van der Waals surface area contributed by atoms with E-state index >= 15 is 0 Å². The fourth-order valence-corrected chi connectivity index (χ4v) is 2.28. The van der Waals surface area contributed by atoms with E-state index in [0.29, 0.717) is 16.4 Å². The van der Waals surface area contributed by atoms with Gasteiger partial charge in [-0.2, -0.15) is 0 Å². The van der Waals surface area contributed by atoms with Gasteiger partial charge in [0.1, 0.15) is 17.1 Å². The number of carbonyl (C=O) groups excluding carboxylic acids is 1. The average molecular weight is 345 g/mol. The number of rotatable bonds is 4. The molecule has 0 aliphatic carbocycles. The molecule has 3 rings (SSSR count). The number of halogens is 1. The Morgan fingerprint density at radius 1 is 1.08 bits per heavy atom. The van der Waals surface area contributed by atoms with E-state index in [9.17, 15) is 9.59 Å². The van der Waals surface area contributed by atoms with Gasteiger partial charge in [-0.15, -0.1) is 0 Å². The molecule has 1 unspecified atom stereocenters. The molecule has 1 atom stereocenters. The van der Waals surface area contributed by atoms with Gasteiger partial charge in [0.05, 0.1) is 0 Å². The van der Waals surface area contributed by atoms with Gasteiger partial charge in [0, 0.05) is 22.5 Å². The molecular formula is C18H13ClO5. The second-order valence-electron chi connectivity index (χ2n) is 5.09. The van der Waals surface area contributed by atoms with Crippen molar-refractivity contribution in [3.8, 4) is 11.5 Å². The quantitative estimate of drug-likeness (QED) is 0.409. The molecule has 0 spiro atoms. The van der Waals surface area contributed by atoms with Crippen LogP contribution in [0.5, 0.6) is 11.5 Å². The molecule has 0 aliphatic heterocycles. The SMILES string of the molecule is CC(Oc1cccc(Cl)c1)C(=O)Oc1ccc2ccc(=O)oc2c1. The Hall–Kier alpha value is -2.79. The summed E-state index contributed by atoms with van der Waals surface area (Å²) < 4.78 is 15.8. The summed E-state index contributed by atoms with van der Waals surface area (Å²) in [5.74, 6) is 0.160. The Morgan fingerprint density at radius 2 is 1.88 bits per heavy atom. The van der Waals surface area contributed by atoms with Gasteiger partial charge in [-0.1, -0.05) is 17.7 Å². The number of hydrogen-bond acceptors (Lipinski definition) is 5. The van der Waals surface area contributed by atoms with E-state index in [0.717, 1.165) is 5.39 Å². The third kappa shape index (κ3) is 3.75. The maximum atomic E-state index is 12.1. The minimum absolute atomic E-state index is 0.267. The van der Waals surface area contributed by atoms with Crippen LogP contribution < -0.4 is 15.1 Å². The van der Waals surface area contributed by atoms with Gasteiger partial charge in [-0.25, -0.2) is 9.59 Å². The number of fused-ring (bicyclic) bond motifs is 1. The highest BCUT2D eigenvalue weighted by Gasteiger charge is 2.18. The molecule has 6 heteroatoms. The predicted molar refractivity (Wildman–Crippen MR) is 89.7 cm³/mol. The highest BCUT2D eigenvalue weighted by Crippen LogP contribution is 2.21. The van der Waals surface area contributed by atoms with Crippen molar-refractivity contribution in [2.45, 2.75) is 13.0 Å². The molecule has 0 bridgehead atoms. The standard InChI is InChI=1S/C18H13ClO5/c1-11(22-14-4-2-3-13(19)9-14)18(21)23-15-7-5-12-6-8-17(20)24-16(12)10-15/h2-11H,1H3. The van der Waals surface area contributed by atoms with Crippen molar-refractivity contribution >= 4 is 28.5 Å². The lowest BCUT2D eigenvalue weighted by Gasteiger charge is -2.14. The van der Waals surface area contributed by atoms with Crippen LogP contribution in [0.4, 0.5) is 0 Å². The van der Waals surface area contributed by atoms with Crippen LogP contribution in [0.3, 0.4) is 0 Å². The van der Waals surface area contributed by atoms with Gasteiger partial charge in [0.15, 0.2) is 6.10 Å². The Morgan fingerprint density at radius 3 is 2.67 bits per heavy atom. The minimum Gasteiger partial charge on any atom is -0.479 e. The van der Waals surface area contributed by atoms with Crippen molar-refractivity contribution < 1.29 is 18.7 Å². The number of esters is 1. The summed E-state index contributed by atoms with van der Waals surface area (Å²) in [7, 11) is 0. The van der Waals surface area contributed by atoms with E-state index in [1.165, 1.54) is 12.1 Å². The summed E-state index contributed by atoms with van der Waals surface area (Å²) in [6.45, 7) is 1.57. The van der Waals surface area contributed by atoms with Gasteiger partial charge in [0.2, 0.25) is 0 Å². The topological polar surface area (TPSA) is 65.7 Å². The zero-order valence-corrected chi connectivity index (χ0v) is 13.4. The van der Waals surface area contributed by atoms with Crippen molar-refractivity contribution in [1.29, 1.82) is 0 Å². The van der Waals surface area contributed by atoms with Gasteiger partial charge < -0.3 is 13.9 Å². The minimum atomic E-state index is -0.832. The van der Waals surface area contributed by atoms with Crippen molar-refractivity contribution in [2.75, 3.05) is 0 Å². The predicted octanol–water partition coefficient (Wildman–Crippen LogP) is 3.82. The summed E-state index contributed by atoms with van der Waals surface area (Å²) in [5, 5.41) is 1.25. The van der Waals surface area contributed by atoms with Crippen molar-refractivity contribution in [3.63, 3.8) is 0 Å². The van der Waals surface area contributed by atoms with Gasteiger partial charge in [-0.3, -0.25) is 0 Å². The van der Waals surface area contributed by atoms with Crippen LogP contribution in [0, 0.1) is 0 Å². The molecule has 2 aromatic carbocycles. The third-order valence-corrected chi connectivity index (χ3v) is 3.49. The maximum absolute atomic E-state index is 12.1. The van der Waals surface area contributed by atoms with Gasteiger partial charge >= 0.3 is 11.6 Å². The van der Waals surface area contributed by atoms with Crippen LogP contribution in [0.25, 0.3) is 11.0 Å². The molecule has 0 N–H and O–H groups in total. The Balaban J connectivity index is 1.72. The number of benzene rings is 2. The fraction of sp³-hybridized carbons (Fsp3) is 0.111. The van der Waals surface area contributed by atoms with E-state index in [2.05, 4.69) is 0 Å². The van der Waals surface area contributed by atoms with E-state index < -0.39 is 17.7 Å². The molecule has 122 valence electrons. The molecule has 0 amide bonds. The summed E-state index contributed by atoms with van der Waals surface area (Å²) in [5.41, 5.74) is -0.125. The fourth-order valence-electron chi connectivity index (χ4n) is 2.10. The van der Waals surface area contributed by atoms with Crippen LogP contribution in [0.1, 0.15) is 6.92 Å². The summed E-state index contributed by atoms with van der Waals surface area (Å²) in [4.78, 5) is 23.4. The lowest BCUT2D eigenvalue weighted by Crippen LogP contribution is -2.28. The molecule has 0 aliphatic rings. The lowest BCUT2D eigenvalue weighted by molar-refractivity contribution is -0.141. The summed E-state index contributed by atoms with van der Waals surface area (Å²) in [6, 6.07) is 14.5. The van der Waals surface area contributed by atoms with Crippen LogP contribution in [0.2, 0.25) is 5.02 Å². The molecule has 0 fully saturated rings. The first kappa shape index (κ1) is 16.1. The average Bonchev–Trinajstić information content (AvgIpc) is 2.54. The molecular weight excluding hydrogens is 332 g/mol. The lowest BCUT2D eigenvalue weighted by atomic mass is 10.2. The first-order valence-electron chi connectivity index (χ1n) is 7.19. The molecule has 24 heavy (non-hydrogen) atoms. The Bertz CT molecular complexity index is 947. The first-order valence-corrected chi connectivity index (χ1v) is 7.57. The molecule has 0 radical (unpaired) electrons. The largest absolute Gasteiger partial charge is 0.479 e. The van der Waals surface area contributed by atoms with Crippen molar-refractivity contribution in [3.05, 3.63) is 70.0 Å². The van der Waals surface area contributed by atoms with Crippen LogP contribution in [-0.2, 0) is 4.79 Å². The molecule has 5 nitrogen and oxygen atoms in total. The molecule has 1 aromatic heterocycles. The zero-order chi connectivity index (χ0) is 17.1. The van der Waals surface area contributed by atoms with E-state index in [-0.39, 0.29) is 5.75 Å². The maximum Gasteiger partial charge on any atom is 0.352 e. The molecule has 1 heterocycles. The van der Waals surface area contributed by atoms with Gasteiger partial charge in [-0.05, 0) is 43.3 Å². The van der Waals surface area contributed by atoms with Gasteiger partial charge in [0.25, 0.3) is 0 Å². The zero-order valence-electron chi connectivity index (χ0n) is 12.7. The monoisotopic (exact) mass is 344 g/mol. The van der Waals surface area contributed by atoms with E-state index in [1.54, 1.807) is 49.4 Å². The highest BCUT2D eigenvalue weighted by molar-refractivity contribution is 6.30. The molecule has 3 aromatic rings. The highest BCUT2D eigenvalue weighted by atomic mass is 35.5. The van der Waals surface area contributed by atoms with Crippen LogP contribution >= 0.6 is 11.6 Å². The van der Waals surface area contributed by atoms with E-state index in [1.807, 2.05) is 0 Å². The van der Waals surface area contributed by atoms with Crippen LogP contribution in [-0.4, -0.2) is 12.1 Å². The van der Waals surface area contributed by atoms with Crippen molar-refractivity contribution in [2.24, 2.45) is 0 Å². The number of ether oxygens (including phenoxy) is 2. The smallest absolute Gasteiger partial charge is 0.352 e. The normalized spacial score (nSPS) is 11.9. The summed E-state index contributed by atoms with van der Waals surface area (Å²) >= 11 is 5.87. The second kappa shape index (κ2) is 6.76. The molecule has 0 saturated heterocycles. The summed E-state index contributed by atoms with van der Waals surface area (Å²) in [6.07, 6.45) is -0.832. The number of hydrogen-bond donors (Lipinski definition) is 0.